The van der Waals surface area contributed by atoms with E-state index in [1.165, 1.54) is 95.2 Å². The van der Waals surface area contributed by atoms with Crippen LogP contribution in [-0.4, -0.2) is 6.04 Å². The van der Waals surface area contributed by atoms with Gasteiger partial charge in [-0.1, -0.05) is 165 Å². The second-order valence-corrected chi connectivity index (χ2v) is 19.8. The van der Waals surface area contributed by atoms with E-state index >= 15 is 0 Å². The first kappa shape index (κ1) is 40.2. The lowest BCUT2D eigenvalue weighted by Gasteiger charge is -2.39. The molecule has 328 valence electrons. The van der Waals surface area contributed by atoms with E-state index in [1.807, 2.05) is 0 Å². The normalized spacial score (nSPS) is 25.2. The van der Waals surface area contributed by atoms with Crippen LogP contribution in [0.25, 0.3) is 22.8 Å². The molecular weight excluding hydrogens is 811 g/mol. The van der Waals surface area contributed by atoms with E-state index in [0.717, 1.165) is 51.4 Å². The van der Waals surface area contributed by atoms with E-state index in [1.54, 1.807) is 0 Å². The monoisotopic (exact) mass is 867 g/mol. The molecule has 0 radical (unpaired) electrons. The quantitative estimate of drug-likeness (QED) is 0.183. The van der Waals surface area contributed by atoms with Gasteiger partial charge < -0.3 is 15.1 Å². The number of anilines is 4. The largest absolute Gasteiger partial charge is 0.374 e. The van der Waals surface area contributed by atoms with Crippen LogP contribution >= 0.6 is 0 Å². The number of hydrogen-bond donors (Lipinski definition) is 1. The summed E-state index contributed by atoms with van der Waals surface area (Å²) in [6.45, 7) is 2.57. The second kappa shape index (κ2) is 16.3. The summed E-state index contributed by atoms with van der Waals surface area (Å²) in [5.41, 5.74) is 22.6. The van der Waals surface area contributed by atoms with Gasteiger partial charge in [-0.25, -0.2) is 0 Å². The molecule has 3 nitrogen and oxygen atoms in total. The van der Waals surface area contributed by atoms with Crippen LogP contribution in [0.1, 0.15) is 97.3 Å². The summed E-state index contributed by atoms with van der Waals surface area (Å²) < 4.78 is 0. The Kier molecular flexibility index (Phi) is 9.81. The minimum absolute atomic E-state index is 0.0750. The van der Waals surface area contributed by atoms with Gasteiger partial charge >= 0.3 is 0 Å². The van der Waals surface area contributed by atoms with E-state index in [2.05, 4.69) is 222 Å². The Labute approximate surface area is 396 Å². The lowest BCUT2D eigenvalue weighted by atomic mass is 9.66. The van der Waals surface area contributed by atoms with Gasteiger partial charge in [-0.2, -0.15) is 0 Å². The van der Waals surface area contributed by atoms with Crippen molar-refractivity contribution in [2.75, 3.05) is 9.80 Å². The summed E-state index contributed by atoms with van der Waals surface area (Å²) in [6, 6.07) is 42.7. The van der Waals surface area contributed by atoms with Crippen molar-refractivity contribution in [3.05, 3.63) is 250 Å². The third kappa shape index (κ3) is 6.53. The Bertz CT molecular complexity index is 3170. The molecule has 5 atom stereocenters. The highest BCUT2D eigenvalue weighted by atomic mass is 15.3. The van der Waals surface area contributed by atoms with Crippen molar-refractivity contribution in [3.63, 3.8) is 0 Å². The van der Waals surface area contributed by atoms with Crippen LogP contribution in [0.4, 0.5) is 22.7 Å². The fourth-order valence-electron chi connectivity index (χ4n) is 13.1. The number of nitrogens with one attached hydrogen (secondary N) is 1. The molecule has 0 spiro atoms. The van der Waals surface area contributed by atoms with Crippen molar-refractivity contribution >= 4 is 34.4 Å². The fourth-order valence-corrected chi connectivity index (χ4v) is 13.1. The highest BCUT2D eigenvalue weighted by molar-refractivity contribution is 5.88. The molecule has 1 fully saturated rings. The molecule has 5 aliphatic carbocycles. The zero-order chi connectivity index (χ0) is 44.5. The average Bonchev–Trinajstić information content (AvgIpc) is 3.62. The van der Waals surface area contributed by atoms with Crippen molar-refractivity contribution in [3.8, 4) is 11.1 Å². The third-order valence-corrected chi connectivity index (χ3v) is 16.2. The first-order valence-electron chi connectivity index (χ1n) is 24.9. The molecule has 3 heterocycles. The van der Waals surface area contributed by atoms with Crippen molar-refractivity contribution in [1.82, 2.24) is 5.32 Å². The molecule has 13 rings (SSSR count). The Morgan fingerprint density at radius 1 is 0.612 bits per heavy atom. The van der Waals surface area contributed by atoms with Crippen LogP contribution in [0.3, 0.4) is 0 Å². The molecule has 8 aliphatic rings. The maximum atomic E-state index is 4.04. The number of hydrogen-bond acceptors (Lipinski definition) is 3. The SMILES string of the molecule is CC12c3ccccc3N(c3cccc(-c4cccc(C5NC(C6=CC=CCC6)=CC6=C5CCC=C6)c4)c3)c3ccccc3C1N(c1ccc(C3=CC=CCC3)c3c1CCC=C3)C1C=CC=CC12. The summed E-state index contributed by atoms with van der Waals surface area (Å²) in [4.78, 5) is 5.44. The summed E-state index contributed by atoms with van der Waals surface area (Å²) in [7, 11) is 0. The minimum atomic E-state index is -0.252. The zero-order valence-electron chi connectivity index (χ0n) is 38.4. The van der Waals surface area contributed by atoms with Gasteiger partial charge in [0.2, 0.25) is 0 Å². The van der Waals surface area contributed by atoms with Gasteiger partial charge in [0, 0.05) is 34.1 Å². The summed E-state index contributed by atoms with van der Waals surface area (Å²) in [6.07, 6.45) is 43.8. The van der Waals surface area contributed by atoms with E-state index < -0.39 is 0 Å². The summed E-state index contributed by atoms with van der Waals surface area (Å²) >= 11 is 0. The van der Waals surface area contributed by atoms with Crippen molar-refractivity contribution in [1.29, 1.82) is 0 Å². The fraction of sp³-hybridized carbons (Fsp3) is 0.219. The van der Waals surface area contributed by atoms with Crippen molar-refractivity contribution in [2.45, 2.75) is 81.8 Å². The molecule has 0 saturated carbocycles. The number of fused-ring (bicyclic) bond motifs is 8. The average molecular weight is 868 g/mol. The van der Waals surface area contributed by atoms with Crippen LogP contribution < -0.4 is 15.1 Å². The molecule has 5 unspecified atom stereocenters. The first-order valence-corrected chi connectivity index (χ1v) is 24.9. The van der Waals surface area contributed by atoms with Crippen molar-refractivity contribution in [2.24, 2.45) is 5.92 Å². The van der Waals surface area contributed by atoms with Gasteiger partial charge in [0.25, 0.3) is 0 Å². The van der Waals surface area contributed by atoms with E-state index in [9.17, 15) is 0 Å². The van der Waals surface area contributed by atoms with Crippen LogP contribution in [0.2, 0.25) is 0 Å². The van der Waals surface area contributed by atoms with E-state index in [-0.39, 0.29) is 29.5 Å². The first-order chi connectivity index (χ1) is 33.1. The maximum absolute atomic E-state index is 4.04. The van der Waals surface area contributed by atoms with Gasteiger partial charge in [-0.05, 0) is 161 Å². The zero-order valence-corrected chi connectivity index (χ0v) is 38.4. The predicted molar refractivity (Wildman–Crippen MR) is 281 cm³/mol. The lowest BCUT2D eigenvalue weighted by molar-refractivity contribution is 0.366. The van der Waals surface area contributed by atoms with Crippen LogP contribution in [0.15, 0.2) is 217 Å². The molecule has 67 heavy (non-hydrogen) atoms. The third-order valence-electron chi connectivity index (χ3n) is 16.2. The smallest absolute Gasteiger partial charge is 0.0736 e. The second-order valence-electron chi connectivity index (χ2n) is 19.8. The molecule has 3 heteroatoms. The Morgan fingerprint density at radius 2 is 1.36 bits per heavy atom. The molecule has 0 aromatic heterocycles. The van der Waals surface area contributed by atoms with Crippen molar-refractivity contribution < 1.29 is 0 Å². The molecule has 0 bridgehead atoms. The highest BCUT2D eigenvalue weighted by Gasteiger charge is 2.59. The van der Waals surface area contributed by atoms with Gasteiger partial charge in [-0.15, -0.1) is 0 Å². The molecule has 0 amide bonds. The number of para-hydroxylation sites is 2. The molecule has 3 aliphatic heterocycles. The number of rotatable bonds is 6. The summed E-state index contributed by atoms with van der Waals surface area (Å²) in [5, 5.41) is 4.04. The van der Waals surface area contributed by atoms with Crippen LogP contribution in [-0.2, 0) is 11.8 Å². The predicted octanol–water partition coefficient (Wildman–Crippen LogP) is 15.9. The number of allylic oxidation sites excluding steroid dienone is 15. The molecule has 5 aromatic rings. The summed E-state index contributed by atoms with van der Waals surface area (Å²) in [5.74, 6) is 0.260. The maximum Gasteiger partial charge on any atom is 0.0736 e. The molecule has 5 aromatic carbocycles. The number of dihydropyridines is 1. The lowest BCUT2D eigenvalue weighted by Crippen LogP contribution is -2.35. The van der Waals surface area contributed by atoms with Gasteiger partial charge in [0.05, 0.1) is 23.8 Å². The molecule has 1 N–H and O–H groups in total. The standard InChI is InChI=1S/C64H57N3/c1-64-55-33-13-16-36-60(55)66(49-28-19-26-46(41-49)45-25-18-27-48(40-45)62-51-29-9-8-24-47(51)42-57(65-62)44-22-6-3-7-23-44)58-35-15-12-32-54(58)63(64)67(61-37-17-14-34-56(61)64)59-39-38-50(43-20-4-2-5-21-43)52-30-10-11-31-53(52)59/h2-4,6,8,10,12-20,22,24-28,30,32-42,56,61-63,65H,5,7,9,11,21,23,29,31H2,1H3. The highest BCUT2D eigenvalue weighted by Crippen LogP contribution is 2.64. The van der Waals surface area contributed by atoms with Gasteiger partial charge in [0.1, 0.15) is 0 Å². The Balaban J connectivity index is 0.937. The molecular formula is C64H57N3. The van der Waals surface area contributed by atoms with E-state index in [4.69, 9.17) is 0 Å². The Hall–Kier alpha value is -7.10. The minimum Gasteiger partial charge on any atom is -0.374 e. The molecule has 1 saturated heterocycles. The van der Waals surface area contributed by atoms with E-state index in [0.29, 0.717) is 0 Å². The number of nitrogens with zero attached hydrogens (tertiary/aromatic N) is 2. The van der Waals surface area contributed by atoms with Gasteiger partial charge in [0.15, 0.2) is 0 Å². The topological polar surface area (TPSA) is 18.5 Å². The van der Waals surface area contributed by atoms with Gasteiger partial charge in [-0.3, -0.25) is 0 Å². The van der Waals surface area contributed by atoms with Crippen LogP contribution in [0.5, 0.6) is 0 Å². The Morgan fingerprint density at radius 3 is 2.22 bits per heavy atom. The number of benzene rings is 5. The van der Waals surface area contributed by atoms with Crippen LogP contribution in [0, 0.1) is 5.92 Å².